The van der Waals surface area contributed by atoms with E-state index in [1.54, 1.807) is 6.08 Å². The molecular weight excluding hydrogens is 168 g/mol. The smallest absolute Gasteiger partial charge is 0.303 e. The Labute approximate surface area is 79.1 Å². The van der Waals surface area contributed by atoms with Crippen molar-refractivity contribution >= 4 is 5.97 Å². The van der Waals surface area contributed by atoms with E-state index in [1.807, 2.05) is 0 Å². The lowest BCUT2D eigenvalue weighted by molar-refractivity contribution is -0.137. The first kappa shape index (κ1) is 12.0. The second-order valence-corrected chi connectivity index (χ2v) is 3.08. The Morgan fingerprint density at radius 1 is 1.08 bits per heavy atom. The number of allylic oxidation sites excluding steroid dienone is 1. The molecule has 2 N–H and O–H groups in total. The maximum atomic E-state index is 10.1. The molecule has 0 aromatic rings. The first-order valence-electron chi connectivity index (χ1n) is 4.78. The van der Waals surface area contributed by atoms with Gasteiger partial charge in [-0.3, -0.25) is 4.79 Å². The van der Waals surface area contributed by atoms with Gasteiger partial charge in [-0.25, -0.2) is 0 Å². The van der Waals surface area contributed by atoms with E-state index in [-0.39, 0.29) is 6.42 Å². The summed E-state index contributed by atoms with van der Waals surface area (Å²) in [4.78, 5) is 10.1. The number of carbonyl (C=O) groups is 1. The van der Waals surface area contributed by atoms with Crippen molar-refractivity contribution in [2.24, 2.45) is 0 Å². The number of aliphatic hydroxyl groups is 1. The number of hydrogen-bond donors (Lipinski definition) is 2. The average Bonchev–Trinajstić information content (AvgIpc) is 2.09. The molecule has 0 amide bonds. The molecule has 0 atom stereocenters. The first-order valence-corrected chi connectivity index (χ1v) is 4.78. The highest BCUT2D eigenvalue weighted by molar-refractivity contribution is 5.66. The van der Waals surface area contributed by atoms with Crippen LogP contribution in [0.1, 0.15) is 44.9 Å². The number of unbranched alkanes of at least 4 members (excludes halogenated alkanes) is 5. The van der Waals surface area contributed by atoms with Crippen LogP contribution >= 0.6 is 0 Å². The zero-order valence-corrected chi connectivity index (χ0v) is 7.91. The highest BCUT2D eigenvalue weighted by Gasteiger charge is 1.95. The summed E-state index contributed by atoms with van der Waals surface area (Å²) in [6.07, 6.45) is 9.06. The second kappa shape index (κ2) is 9.10. The highest BCUT2D eigenvalue weighted by Crippen LogP contribution is 2.07. The summed E-state index contributed by atoms with van der Waals surface area (Å²) in [6, 6.07) is 0. The maximum absolute atomic E-state index is 10.1. The maximum Gasteiger partial charge on any atom is 0.303 e. The van der Waals surface area contributed by atoms with Crippen LogP contribution in [0.15, 0.2) is 12.3 Å². The summed E-state index contributed by atoms with van der Waals surface area (Å²) in [5.74, 6) is -0.705. The van der Waals surface area contributed by atoms with Crippen molar-refractivity contribution in [1.82, 2.24) is 0 Å². The van der Waals surface area contributed by atoms with Crippen molar-refractivity contribution in [3.05, 3.63) is 12.3 Å². The van der Waals surface area contributed by atoms with Crippen LogP contribution in [0.4, 0.5) is 0 Å². The summed E-state index contributed by atoms with van der Waals surface area (Å²) in [7, 11) is 0. The minimum absolute atomic E-state index is 0.288. The van der Waals surface area contributed by atoms with Crippen LogP contribution in [0.2, 0.25) is 0 Å². The lowest BCUT2D eigenvalue weighted by Crippen LogP contribution is -1.93. The van der Waals surface area contributed by atoms with Gasteiger partial charge in [-0.05, 0) is 19.3 Å². The van der Waals surface area contributed by atoms with Crippen molar-refractivity contribution < 1.29 is 15.0 Å². The number of aliphatic carboxylic acids is 1. The van der Waals surface area contributed by atoms with Gasteiger partial charge in [0.2, 0.25) is 0 Å². The molecule has 0 aliphatic heterocycles. The zero-order valence-electron chi connectivity index (χ0n) is 7.91. The first-order chi connectivity index (χ1) is 6.27. The Morgan fingerprint density at radius 3 is 2.31 bits per heavy atom. The number of rotatable bonds is 8. The van der Waals surface area contributed by atoms with Crippen molar-refractivity contribution in [3.8, 4) is 0 Å². The molecule has 13 heavy (non-hydrogen) atoms. The van der Waals surface area contributed by atoms with Gasteiger partial charge >= 0.3 is 5.97 Å². The van der Waals surface area contributed by atoms with E-state index in [4.69, 9.17) is 10.2 Å². The molecule has 0 aromatic carbocycles. The van der Waals surface area contributed by atoms with Gasteiger partial charge in [0.05, 0.1) is 6.26 Å². The fourth-order valence-electron chi connectivity index (χ4n) is 1.14. The molecule has 76 valence electrons. The van der Waals surface area contributed by atoms with Crippen LogP contribution in [0.3, 0.4) is 0 Å². The topological polar surface area (TPSA) is 57.5 Å². The summed E-state index contributed by atoms with van der Waals surface area (Å²) in [5, 5.41) is 16.7. The van der Waals surface area contributed by atoms with Gasteiger partial charge in [0.15, 0.2) is 0 Å². The number of aliphatic hydroxyl groups excluding tert-OH is 1. The van der Waals surface area contributed by atoms with Crippen LogP contribution in [0.5, 0.6) is 0 Å². The van der Waals surface area contributed by atoms with Gasteiger partial charge < -0.3 is 10.2 Å². The normalized spacial score (nSPS) is 10.8. The predicted molar refractivity (Wildman–Crippen MR) is 51.7 cm³/mol. The van der Waals surface area contributed by atoms with Gasteiger partial charge in [-0.2, -0.15) is 0 Å². The fraction of sp³-hybridized carbons (Fsp3) is 0.700. The van der Waals surface area contributed by atoms with Crippen molar-refractivity contribution in [1.29, 1.82) is 0 Å². The Hall–Kier alpha value is -0.990. The van der Waals surface area contributed by atoms with Crippen LogP contribution in [-0.4, -0.2) is 16.2 Å². The molecule has 0 rings (SSSR count). The minimum Gasteiger partial charge on any atom is -0.516 e. The van der Waals surface area contributed by atoms with Crippen LogP contribution < -0.4 is 0 Å². The molecule has 0 unspecified atom stereocenters. The molecule has 0 bridgehead atoms. The molecule has 0 radical (unpaired) electrons. The summed E-state index contributed by atoms with van der Waals surface area (Å²) < 4.78 is 0. The van der Waals surface area contributed by atoms with Crippen molar-refractivity contribution in [2.75, 3.05) is 0 Å². The van der Waals surface area contributed by atoms with E-state index in [2.05, 4.69) is 0 Å². The second-order valence-electron chi connectivity index (χ2n) is 3.08. The van der Waals surface area contributed by atoms with E-state index in [1.165, 1.54) is 0 Å². The molecule has 0 aliphatic carbocycles. The average molecular weight is 186 g/mol. The molecule has 0 saturated carbocycles. The fourth-order valence-corrected chi connectivity index (χ4v) is 1.14. The molecule has 0 aromatic heterocycles. The monoisotopic (exact) mass is 186 g/mol. The van der Waals surface area contributed by atoms with E-state index >= 15 is 0 Å². The Kier molecular flexibility index (Phi) is 8.41. The largest absolute Gasteiger partial charge is 0.516 e. The lowest BCUT2D eigenvalue weighted by atomic mass is 10.1. The highest BCUT2D eigenvalue weighted by atomic mass is 16.4. The van der Waals surface area contributed by atoms with Crippen LogP contribution in [0.25, 0.3) is 0 Å². The Morgan fingerprint density at radius 2 is 1.69 bits per heavy atom. The van der Waals surface area contributed by atoms with Crippen LogP contribution in [0, 0.1) is 0 Å². The molecule has 0 heterocycles. The molecule has 3 nitrogen and oxygen atoms in total. The predicted octanol–water partition coefficient (Wildman–Crippen LogP) is 2.87. The molecular formula is C10H18O3. The minimum atomic E-state index is -0.705. The van der Waals surface area contributed by atoms with Gasteiger partial charge in [-0.15, -0.1) is 0 Å². The lowest BCUT2D eigenvalue weighted by Gasteiger charge is -1.97. The molecule has 0 aliphatic rings. The van der Waals surface area contributed by atoms with E-state index in [9.17, 15) is 4.79 Å². The standard InChI is InChI=1S/C10H18O3/c11-9-7-5-3-1-2-4-6-8-10(12)13/h7,9,11H,1-6,8H2,(H,12,13). The van der Waals surface area contributed by atoms with Gasteiger partial charge in [0.1, 0.15) is 0 Å². The SMILES string of the molecule is O=C(O)CCCCCCCC=CO. The van der Waals surface area contributed by atoms with E-state index < -0.39 is 5.97 Å². The Bertz CT molecular complexity index is 152. The summed E-state index contributed by atoms with van der Waals surface area (Å²) in [5.41, 5.74) is 0. The number of carboxylic acid groups (broad SMARTS) is 1. The van der Waals surface area contributed by atoms with E-state index in [0.717, 1.165) is 44.8 Å². The summed E-state index contributed by atoms with van der Waals surface area (Å²) >= 11 is 0. The Balaban J connectivity index is 2.95. The van der Waals surface area contributed by atoms with Gasteiger partial charge in [0, 0.05) is 6.42 Å². The quantitative estimate of drug-likeness (QED) is 0.452. The number of hydrogen-bond acceptors (Lipinski definition) is 2. The third kappa shape index (κ3) is 11.0. The third-order valence-electron chi connectivity index (χ3n) is 1.87. The number of carboxylic acids is 1. The third-order valence-corrected chi connectivity index (χ3v) is 1.87. The van der Waals surface area contributed by atoms with Gasteiger partial charge in [-0.1, -0.05) is 25.3 Å². The molecule has 3 heteroatoms. The van der Waals surface area contributed by atoms with Crippen molar-refractivity contribution in [2.45, 2.75) is 44.9 Å². The molecule has 0 saturated heterocycles. The van der Waals surface area contributed by atoms with Crippen molar-refractivity contribution in [3.63, 3.8) is 0 Å². The summed E-state index contributed by atoms with van der Waals surface area (Å²) in [6.45, 7) is 0. The van der Waals surface area contributed by atoms with Crippen LogP contribution in [-0.2, 0) is 4.79 Å². The molecule has 0 fully saturated rings. The zero-order chi connectivity index (χ0) is 9.94. The van der Waals surface area contributed by atoms with Gasteiger partial charge in [0.25, 0.3) is 0 Å². The molecule has 0 spiro atoms. The van der Waals surface area contributed by atoms with E-state index in [0.29, 0.717) is 0 Å².